The summed E-state index contributed by atoms with van der Waals surface area (Å²) in [6.45, 7) is 0. The normalized spacial score (nSPS) is 19.2. The van der Waals surface area contributed by atoms with E-state index in [9.17, 15) is 9.50 Å². The van der Waals surface area contributed by atoms with Crippen LogP contribution in [-0.4, -0.2) is 11.4 Å². The van der Waals surface area contributed by atoms with Crippen LogP contribution in [0.2, 0.25) is 0 Å². The molecule has 0 radical (unpaired) electrons. The Balaban J connectivity index is 2.44. The van der Waals surface area contributed by atoms with Crippen LogP contribution in [0.25, 0.3) is 0 Å². The van der Waals surface area contributed by atoms with Gasteiger partial charge >= 0.3 is 0 Å². The summed E-state index contributed by atoms with van der Waals surface area (Å²) >= 11 is 1.22. The minimum Gasteiger partial charge on any atom is -0.507 e. The molecule has 1 aliphatic rings. The van der Waals surface area contributed by atoms with Crippen molar-refractivity contribution < 1.29 is 9.50 Å². The first-order valence-electron chi connectivity index (χ1n) is 5.93. The molecule has 0 aromatic heterocycles. The molecular formula is C13H18FNOS. The van der Waals surface area contributed by atoms with Gasteiger partial charge in [0.1, 0.15) is 11.6 Å². The standard InChI is InChI=1S/C13H18FNOS/c1-17-12-10(16)6-5-9(11(12)14)13(15)7-3-2-4-8-13/h5-6,16H,2-4,7-8,15H2,1H3. The Morgan fingerprint density at radius 3 is 2.53 bits per heavy atom. The zero-order chi connectivity index (χ0) is 12.5. The number of benzene rings is 1. The number of phenols is 1. The quantitative estimate of drug-likeness (QED) is 0.796. The largest absolute Gasteiger partial charge is 0.507 e. The fourth-order valence-corrected chi connectivity index (χ4v) is 3.14. The van der Waals surface area contributed by atoms with E-state index in [1.807, 2.05) is 0 Å². The topological polar surface area (TPSA) is 46.2 Å². The first-order chi connectivity index (χ1) is 8.08. The van der Waals surface area contributed by atoms with E-state index in [0.717, 1.165) is 25.7 Å². The van der Waals surface area contributed by atoms with E-state index in [4.69, 9.17) is 5.73 Å². The minimum atomic E-state index is -0.555. The second-order valence-electron chi connectivity index (χ2n) is 4.70. The van der Waals surface area contributed by atoms with Crippen molar-refractivity contribution in [1.29, 1.82) is 0 Å². The van der Waals surface area contributed by atoms with Crippen LogP contribution in [0.1, 0.15) is 37.7 Å². The first kappa shape index (κ1) is 12.7. The number of halogens is 1. The lowest BCUT2D eigenvalue weighted by molar-refractivity contribution is 0.290. The molecule has 0 heterocycles. The number of phenolic OH excluding ortho intramolecular Hbond substituents is 1. The van der Waals surface area contributed by atoms with E-state index in [-0.39, 0.29) is 11.6 Å². The molecular weight excluding hydrogens is 237 g/mol. The van der Waals surface area contributed by atoms with Crippen LogP contribution in [-0.2, 0) is 5.54 Å². The third-order valence-corrected chi connectivity index (χ3v) is 4.36. The maximum Gasteiger partial charge on any atom is 0.145 e. The predicted octanol–water partition coefficient (Wildman–Crippen LogP) is 3.37. The Hall–Kier alpha value is -0.740. The van der Waals surface area contributed by atoms with Gasteiger partial charge in [-0.1, -0.05) is 25.3 Å². The maximum atomic E-state index is 14.3. The predicted molar refractivity (Wildman–Crippen MR) is 68.8 cm³/mol. The Morgan fingerprint density at radius 2 is 1.94 bits per heavy atom. The molecule has 0 aliphatic heterocycles. The minimum absolute atomic E-state index is 0.00170. The average Bonchev–Trinajstić information content (AvgIpc) is 2.30. The molecule has 0 bridgehead atoms. The summed E-state index contributed by atoms with van der Waals surface area (Å²) in [4.78, 5) is 0.304. The molecule has 1 fully saturated rings. The SMILES string of the molecule is CSc1c(O)ccc(C2(N)CCCCC2)c1F. The smallest absolute Gasteiger partial charge is 0.145 e. The highest BCUT2D eigenvalue weighted by atomic mass is 32.2. The monoisotopic (exact) mass is 255 g/mol. The van der Waals surface area contributed by atoms with Crippen LogP contribution in [0.15, 0.2) is 17.0 Å². The summed E-state index contributed by atoms with van der Waals surface area (Å²) in [7, 11) is 0. The Labute approximate surface area is 105 Å². The van der Waals surface area contributed by atoms with Crippen molar-refractivity contribution in [3.8, 4) is 5.75 Å². The van der Waals surface area contributed by atoms with Gasteiger partial charge in [-0.3, -0.25) is 0 Å². The maximum absolute atomic E-state index is 14.3. The molecule has 4 heteroatoms. The second kappa shape index (κ2) is 4.86. The number of rotatable bonds is 2. The van der Waals surface area contributed by atoms with Crippen molar-refractivity contribution in [2.24, 2.45) is 5.73 Å². The van der Waals surface area contributed by atoms with Crippen molar-refractivity contribution in [3.63, 3.8) is 0 Å². The van der Waals surface area contributed by atoms with Crippen LogP contribution >= 0.6 is 11.8 Å². The van der Waals surface area contributed by atoms with E-state index in [2.05, 4.69) is 0 Å². The van der Waals surface area contributed by atoms with Crippen molar-refractivity contribution in [1.82, 2.24) is 0 Å². The number of thioether (sulfide) groups is 1. The average molecular weight is 255 g/mol. The number of aromatic hydroxyl groups is 1. The molecule has 0 unspecified atom stereocenters. The van der Waals surface area contributed by atoms with Gasteiger partial charge < -0.3 is 10.8 Å². The van der Waals surface area contributed by atoms with E-state index < -0.39 is 5.54 Å². The Bertz CT molecular complexity index is 416. The van der Waals surface area contributed by atoms with Gasteiger partial charge in [0.05, 0.1) is 4.90 Å². The molecule has 17 heavy (non-hydrogen) atoms. The van der Waals surface area contributed by atoms with Crippen LogP contribution in [0, 0.1) is 5.82 Å². The highest BCUT2D eigenvalue weighted by Crippen LogP contribution is 2.40. The van der Waals surface area contributed by atoms with Gasteiger partial charge in [-0.25, -0.2) is 4.39 Å². The van der Waals surface area contributed by atoms with E-state index in [0.29, 0.717) is 10.5 Å². The van der Waals surface area contributed by atoms with Gasteiger partial charge in [0.15, 0.2) is 0 Å². The molecule has 2 nitrogen and oxygen atoms in total. The van der Waals surface area contributed by atoms with Crippen LogP contribution in [0.4, 0.5) is 4.39 Å². The van der Waals surface area contributed by atoms with E-state index in [1.54, 1.807) is 18.4 Å². The number of hydrogen-bond acceptors (Lipinski definition) is 3. The van der Waals surface area contributed by atoms with Gasteiger partial charge in [0, 0.05) is 11.1 Å². The van der Waals surface area contributed by atoms with Crippen LogP contribution < -0.4 is 5.73 Å². The molecule has 3 N–H and O–H groups in total. The lowest BCUT2D eigenvalue weighted by Gasteiger charge is -2.34. The first-order valence-corrected chi connectivity index (χ1v) is 7.16. The van der Waals surface area contributed by atoms with Crippen molar-refractivity contribution >= 4 is 11.8 Å². The summed E-state index contributed by atoms with van der Waals surface area (Å²) in [6, 6.07) is 3.18. The van der Waals surface area contributed by atoms with Crippen molar-refractivity contribution in [2.75, 3.05) is 6.26 Å². The van der Waals surface area contributed by atoms with E-state index in [1.165, 1.54) is 18.2 Å². The van der Waals surface area contributed by atoms with Crippen molar-refractivity contribution in [2.45, 2.75) is 42.5 Å². The van der Waals surface area contributed by atoms with Crippen LogP contribution in [0.3, 0.4) is 0 Å². The number of nitrogens with two attached hydrogens (primary N) is 1. The summed E-state index contributed by atoms with van der Waals surface area (Å²) in [5.41, 5.74) is 6.32. The fraction of sp³-hybridized carbons (Fsp3) is 0.538. The number of hydrogen-bond donors (Lipinski definition) is 2. The summed E-state index contributed by atoms with van der Waals surface area (Å²) in [5.74, 6) is -0.347. The molecule has 1 aromatic carbocycles. The second-order valence-corrected chi connectivity index (χ2v) is 5.51. The zero-order valence-corrected chi connectivity index (χ0v) is 10.8. The molecule has 1 saturated carbocycles. The van der Waals surface area contributed by atoms with Gasteiger partial charge in [-0.2, -0.15) is 0 Å². The zero-order valence-electron chi connectivity index (χ0n) is 10.0. The Morgan fingerprint density at radius 1 is 1.29 bits per heavy atom. The highest BCUT2D eigenvalue weighted by Gasteiger charge is 2.33. The summed E-state index contributed by atoms with van der Waals surface area (Å²) < 4.78 is 14.3. The van der Waals surface area contributed by atoms with Gasteiger partial charge in [0.25, 0.3) is 0 Å². The molecule has 1 aromatic rings. The van der Waals surface area contributed by atoms with Gasteiger partial charge in [-0.15, -0.1) is 11.8 Å². The molecule has 2 rings (SSSR count). The van der Waals surface area contributed by atoms with Crippen LogP contribution in [0.5, 0.6) is 5.75 Å². The highest BCUT2D eigenvalue weighted by molar-refractivity contribution is 7.98. The summed E-state index contributed by atoms with van der Waals surface area (Å²) in [6.07, 6.45) is 6.67. The third kappa shape index (κ3) is 2.29. The lowest BCUT2D eigenvalue weighted by atomic mass is 9.77. The molecule has 0 spiro atoms. The summed E-state index contributed by atoms with van der Waals surface area (Å²) in [5, 5.41) is 9.60. The molecule has 0 amide bonds. The molecule has 0 saturated heterocycles. The Kier molecular flexibility index (Phi) is 3.64. The van der Waals surface area contributed by atoms with Gasteiger partial charge in [-0.05, 0) is 25.2 Å². The van der Waals surface area contributed by atoms with Gasteiger partial charge in [0.2, 0.25) is 0 Å². The molecule has 1 aliphatic carbocycles. The lowest BCUT2D eigenvalue weighted by Crippen LogP contribution is -2.39. The molecule has 94 valence electrons. The van der Waals surface area contributed by atoms with E-state index >= 15 is 0 Å². The van der Waals surface area contributed by atoms with Crippen molar-refractivity contribution in [3.05, 3.63) is 23.5 Å². The third-order valence-electron chi connectivity index (χ3n) is 3.56. The molecule has 0 atom stereocenters. The fourth-order valence-electron chi connectivity index (χ4n) is 2.58.